The van der Waals surface area contributed by atoms with Crippen LogP contribution in [0, 0.1) is 60.2 Å². The zero-order chi connectivity index (χ0) is 32.9. The number of benzene rings is 1. The van der Waals surface area contributed by atoms with E-state index < -0.39 is 5.41 Å². The van der Waals surface area contributed by atoms with Gasteiger partial charge in [0.15, 0.2) is 0 Å². The van der Waals surface area contributed by atoms with Crippen LogP contribution in [0.3, 0.4) is 0 Å². The van der Waals surface area contributed by atoms with Crippen LogP contribution in [-0.2, 0) is 20.9 Å². The summed E-state index contributed by atoms with van der Waals surface area (Å²) < 4.78 is 9.14. The molecule has 5 aliphatic carbocycles. The van der Waals surface area contributed by atoms with Crippen LogP contribution in [0.5, 0.6) is 0 Å². The van der Waals surface area contributed by atoms with Crippen molar-refractivity contribution in [1.82, 2.24) is 15.0 Å². The first-order valence-corrected chi connectivity index (χ1v) is 18.8. The van der Waals surface area contributed by atoms with Gasteiger partial charge in [-0.3, -0.25) is 9.59 Å². The van der Waals surface area contributed by atoms with E-state index in [1.165, 1.54) is 0 Å². The van der Waals surface area contributed by atoms with E-state index >= 15 is 0 Å². The Hall–Kier alpha value is -2.03. The highest BCUT2D eigenvalue weighted by atomic mass is 127. The van der Waals surface area contributed by atoms with Gasteiger partial charge in [0, 0.05) is 15.4 Å². The minimum atomic E-state index is -0.493. The summed E-state index contributed by atoms with van der Waals surface area (Å²) in [6.07, 6.45) is 13.4. The number of ketones is 1. The lowest BCUT2D eigenvalue weighted by atomic mass is 9.33. The molecule has 0 N–H and O–H groups in total. The van der Waals surface area contributed by atoms with E-state index in [-0.39, 0.29) is 40.2 Å². The Bertz CT molecular complexity index is 1580. The van der Waals surface area contributed by atoms with Crippen LogP contribution in [0.15, 0.2) is 42.1 Å². The molecule has 1 heterocycles. The zero-order valence-corrected chi connectivity index (χ0v) is 31.0. The fraction of sp³-hybridized carbons (Fsp3) is 0.692. The molecule has 0 spiro atoms. The lowest BCUT2D eigenvalue weighted by Gasteiger charge is -2.70. The first-order valence-electron chi connectivity index (χ1n) is 17.8. The van der Waals surface area contributed by atoms with Crippen LogP contribution in [-0.4, -0.2) is 26.7 Å². The number of aromatic nitrogens is 3. The van der Waals surface area contributed by atoms with Crippen LogP contribution < -0.4 is 0 Å². The van der Waals surface area contributed by atoms with E-state index in [1.54, 1.807) is 10.3 Å². The number of nitrogens with zero attached hydrogens (tertiary/aromatic N) is 3. The van der Waals surface area contributed by atoms with E-state index in [0.717, 1.165) is 60.6 Å². The molecule has 4 fully saturated rings. The first kappa shape index (κ1) is 32.5. The Kier molecular flexibility index (Phi) is 7.77. The molecule has 9 atom stereocenters. The minimum absolute atomic E-state index is 0.0332. The van der Waals surface area contributed by atoms with Crippen LogP contribution in [0.25, 0.3) is 5.69 Å². The number of rotatable bonds is 4. The SMILES string of the molecule is C[C@H]1[C@H](C)CC[C@]2(C(=O)OCc3cn(-c4ccc(I)cc4)nn3)CC[C@]3(C)C(=CC[C@@H]4[C@@]5(C)CCC(=O)C(C)(C)[C@@H]5CC[C@]43C)[C@H]12. The van der Waals surface area contributed by atoms with E-state index in [0.29, 0.717) is 41.6 Å². The van der Waals surface area contributed by atoms with E-state index in [2.05, 4.69) is 87.4 Å². The molecule has 6 nitrogen and oxygen atoms in total. The lowest BCUT2D eigenvalue weighted by Crippen LogP contribution is -2.65. The van der Waals surface area contributed by atoms with E-state index in [9.17, 15) is 9.59 Å². The van der Waals surface area contributed by atoms with Crippen molar-refractivity contribution in [3.63, 3.8) is 0 Å². The molecule has 0 radical (unpaired) electrons. The summed E-state index contributed by atoms with van der Waals surface area (Å²) in [5.41, 5.74) is 2.75. The van der Waals surface area contributed by atoms with Gasteiger partial charge < -0.3 is 4.74 Å². The van der Waals surface area contributed by atoms with Crippen molar-refractivity contribution in [1.29, 1.82) is 0 Å². The van der Waals surface area contributed by atoms with Crippen LogP contribution in [0.4, 0.5) is 0 Å². The number of halogens is 1. The average Bonchev–Trinajstić information content (AvgIpc) is 3.49. The van der Waals surface area contributed by atoms with Crippen molar-refractivity contribution in [3.05, 3.63) is 51.4 Å². The van der Waals surface area contributed by atoms with Gasteiger partial charge in [-0.2, -0.15) is 0 Å². The minimum Gasteiger partial charge on any atom is -0.459 e. The third-order valence-corrected chi connectivity index (χ3v) is 15.8. The highest BCUT2D eigenvalue weighted by Crippen LogP contribution is 2.75. The maximum Gasteiger partial charge on any atom is 0.313 e. The van der Waals surface area contributed by atoms with Crippen molar-refractivity contribution >= 4 is 34.3 Å². The molecule has 5 aliphatic rings. The highest BCUT2D eigenvalue weighted by Gasteiger charge is 2.69. The molecule has 0 bridgehead atoms. The van der Waals surface area contributed by atoms with Crippen molar-refractivity contribution < 1.29 is 14.3 Å². The Morgan fingerprint density at radius 2 is 1.72 bits per heavy atom. The second-order valence-corrected chi connectivity index (χ2v) is 18.4. The van der Waals surface area contributed by atoms with Crippen molar-refractivity contribution in [2.24, 2.45) is 56.7 Å². The molecule has 1 aromatic heterocycles. The molecule has 248 valence electrons. The van der Waals surface area contributed by atoms with Crippen molar-refractivity contribution in [3.8, 4) is 5.69 Å². The highest BCUT2D eigenvalue weighted by molar-refractivity contribution is 14.1. The van der Waals surface area contributed by atoms with Gasteiger partial charge in [-0.25, -0.2) is 4.68 Å². The number of allylic oxidation sites excluding steroid dienone is 2. The predicted molar refractivity (Wildman–Crippen MR) is 188 cm³/mol. The van der Waals surface area contributed by atoms with Gasteiger partial charge in [0.1, 0.15) is 18.1 Å². The van der Waals surface area contributed by atoms with Gasteiger partial charge in [-0.05, 0) is 144 Å². The largest absolute Gasteiger partial charge is 0.459 e. The Morgan fingerprint density at radius 3 is 2.46 bits per heavy atom. The monoisotopic (exact) mass is 737 g/mol. The Labute approximate surface area is 289 Å². The van der Waals surface area contributed by atoms with Gasteiger partial charge in [0.2, 0.25) is 0 Å². The van der Waals surface area contributed by atoms with Crippen LogP contribution >= 0.6 is 22.6 Å². The van der Waals surface area contributed by atoms with E-state index in [4.69, 9.17) is 4.74 Å². The van der Waals surface area contributed by atoms with Crippen LogP contribution in [0.2, 0.25) is 0 Å². The molecule has 7 rings (SSSR count). The lowest BCUT2D eigenvalue weighted by molar-refractivity contribution is -0.193. The predicted octanol–water partition coefficient (Wildman–Crippen LogP) is 9.14. The van der Waals surface area contributed by atoms with Gasteiger partial charge >= 0.3 is 5.97 Å². The topological polar surface area (TPSA) is 74.1 Å². The van der Waals surface area contributed by atoms with Gasteiger partial charge in [-0.15, -0.1) is 5.10 Å². The quantitative estimate of drug-likeness (QED) is 0.178. The van der Waals surface area contributed by atoms with Gasteiger partial charge in [-0.1, -0.05) is 65.3 Å². The number of hydrogen-bond donors (Lipinski definition) is 0. The number of carbonyl (C=O) groups excluding carboxylic acids is 2. The van der Waals surface area contributed by atoms with Crippen molar-refractivity contribution in [2.45, 2.75) is 113 Å². The summed E-state index contributed by atoms with van der Waals surface area (Å²) in [6, 6.07) is 8.13. The number of Topliss-reactive ketones (excluding diaryl/α,β-unsaturated/α-hetero) is 1. The number of esters is 1. The van der Waals surface area contributed by atoms with E-state index in [1.807, 2.05) is 30.5 Å². The van der Waals surface area contributed by atoms with Crippen molar-refractivity contribution in [2.75, 3.05) is 0 Å². The number of ether oxygens (including phenoxy) is 1. The molecule has 0 amide bonds. The Balaban J connectivity index is 1.18. The molecule has 2 aromatic rings. The summed E-state index contributed by atoms with van der Waals surface area (Å²) in [4.78, 5) is 27.6. The second-order valence-electron chi connectivity index (χ2n) is 17.2. The second kappa shape index (κ2) is 11.0. The molecule has 4 saturated carbocycles. The molecule has 1 aromatic carbocycles. The zero-order valence-electron chi connectivity index (χ0n) is 28.9. The molecule has 0 unspecified atom stereocenters. The fourth-order valence-corrected chi connectivity index (χ4v) is 12.4. The number of carbonyl (C=O) groups is 2. The summed E-state index contributed by atoms with van der Waals surface area (Å²) >= 11 is 2.29. The molecular formula is C39H52IN3O3. The maximum atomic E-state index is 14.4. The maximum absolute atomic E-state index is 14.4. The number of hydrogen-bond acceptors (Lipinski definition) is 5. The molecule has 0 aliphatic heterocycles. The summed E-state index contributed by atoms with van der Waals surface area (Å²) in [6.45, 7) is 17.0. The normalized spacial score (nSPS) is 41.3. The van der Waals surface area contributed by atoms with Gasteiger partial charge in [0.25, 0.3) is 0 Å². The summed E-state index contributed by atoms with van der Waals surface area (Å²) in [5.74, 6) is 2.56. The average molecular weight is 738 g/mol. The van der Waals surface area contributed by atoms with Gasteiger partial charge in [0.05, 0.1) is 17.3 Å². The third-order valence-electron chi connectivity index (χ3n) is 15.1. The third kappa shape index (κ3) is 4.51. The fourth-order valence-electron chi connectivity index (χ4n) is 12.0. The molecule has 46 heavy (non-hydrogen) atoms. The molecule has 0 saturated heterocycles. The summed E-state index contributed by atoms with van der Waals surface area (Å²) in [7, 11) is 0. The smallest absolute Gasteiger partial charge is 0.313 e. The standard InChI is InChI=1S/C39H52IN3O3/c1-24-14-19-39(34(45)46-23-27-22-43(42-41-27)28-10-8-26(40)9-11-28)21-20-37(6)29(33(39)25(24)2)12-13-31-36(5)17-16-32(44)35(3,4)30(36)15-18-38(31,37)7/h8-12,22,24-25,30-31,33H,13-21,23H2,1-7H3/t24-,25+,30+,31-,33+,36+,37-,38-,39+/m1/s1. The summed E-state index contributed by atoms with van der Waals surface area (Å²) in [5, 5.41) is 8.66. The molecular weight excluding hydrogens is 685 g/mol. The Morgan fingerprint density at radius 1 is 0.978 bits per heavy atom. The molecule has 7 heteroatoms. The van der Waals surface area contributed by atoms with Crippen LogP contribution in [0.1, 0.15) is 112 Å². The first-order chi connectivity index (χ1) is 21.7. The number of fused-ring (bicyclic) bond motifs is 7.